The zero-order chi connectivity index (χ0) is 20.4. The van der Waals surface area contributed by atoms with Crippen molar-refractivity contribution in [3.05, 3.63) is 41.5 Å². The number of nitriles is 1. The van der Waals surface area contributed by atoms with Gasteiger partial charge in [0.15, 0.2) is 5.69 Å². The Balaban J connectivity index is 2.48. The van der Waals surface area contributed by atoms with E-state index < -0.39 is 23.5 Å². The molecule has 142 valence electrons. The molecule has 0 aliphatic heterocycles. The standard InChI is InChI=1S/C18H19FN4O4/c1-18(2,3)27-17(25)22-13-7-11(5-6-12(13)19)23-9-10(8-20)14(21)15(23)16(24)26-4/h5-7,9H,21H2,1-4H3,(H,22,25). The summed E-state index contributed by atoms with van der Waals surface area (Å²) in [6.07, 6.45) is 0.489. The normalized spacial score (nSPS) is 10.8. The number of aromatic nitrogens is 1. The van der Waals surface area contributed by atoms with Gasteiger partial charge in [-0.15, -0.1) is 0 Å². The summed E-state index contributed by atoms with van der Waals surface area (Å²) in [5.74, 6) is -1.47. The molecule has 0 saturated carbocycles. The van der Waals surface area contributed by atoms with Crippen molar-refractivity contribution in [3.63, 3.8) is 0 Å². The molecule has 9 heteroatoms. The fourth-order valence-corrected chi connectivity index (χ4v) is 2.29. The van der Waals surface area contributed by atoms with E-state index in [0.717, 1.165) is 6.07 Å². The zero-order valence-electron chi connectivity index (χ0n) is 15.3. The van der Waals surface area contributed by atoms with Crippen molar-refractivity contribution in [2.24, 2.45) is 0 Å². The molecule has 0 unspecified atom stereocenters. The fourth-order valence-electron chi connectivity index (χ4n) is 2.29. The topological polar surface area (TPSA) is 119 Å². The molecule has 1 aromatic carbocycles. The zero-order valence-corrected chi connectivity index (χ0v) is 15.3. The highest BCUT2D eigenvalue weighted by Crippen LogP contribution is 2.27. The van der Waals surface area contributed by atoms with E-state index in [9.17, 15) is 14.0 Å². The van der Waals surface area contributed by atoms with Crippen molar-refractivity contribution in [1.82, 2.24) is 4.57 Å². The molecule has 1 heterocycles. The number of nitrogen functional groups attached to an aromatic ring is 1. The molecule has 2 aromatic rings. The van der Waals surface area contributed by atoms with Gasteiger partial charge in [0.2, 0.25) is 0 Å². The molecule has 1 aromatic heterocycles. The van der Waals surface area contributed by atoms with E-state index in [4.69, 9.17) is 20.5 Å². The van der Waals surface area contributed by atoms with Crippen molar-refractivity contribution < 1.29 is 23.5 Å². The van der Waals surface area contributed by atoms with E-state index in [1.54, 1.807) is 20.8 Å². The largest absolute Gasteiger partial charge is 0.464 e. The van der Waals surface area contributed by atoms with Crippen LogP contribution in [0.4, 0.5) is 20.6 Å². The average molecular weight is 374 g/mol. The van der Waals surface area contributed by atoms with Crippen molar-refractivity contribution in [2.45, 2.75) is 26.4 Å². The maximum absolute atomic E-state index is 14.1. The smallest absolute Gasteiger partial charge is 0.412 e. The van der Waals surface area contributed by atoms with Crippen LogP contribution in [0.15, 0.2) is 24.4 Å². The highest BCUT2D eigenvalue weighted by atomic mass is 19.1. The van der Waals surface area contributed by atoms with Gasteiger partial charge in [-0.25, -0.2) is 14.0 Å². The second-order valence-electron chi connectivity index (χ2n) is 6.57. The maximum Gasteiger partial charge on any atom is 0.412 e. The Hall–Kier alpha value is -3.54. The summed E-state index contributed by atoms with van der Waals surface area (Å²) in [6, 6.07) is 5.62. The minimum atomic E-state index is -0.837. The predicted molar refractivity (Wildman–Crippen MR) is 96.1 cm³/mol. The highest BCUT2D eigenvalue weighted by Gasteiger charge is 2.23. The summed E-state index contributed by atoms with van der Waals surface area (Å²) in [5.41, 5.74) is 5.12. The van der Waals surface area contributed by atoms with Gasteiger partial charge in [-0.05, 0) is 39.0 Å². The quantitative estimate of drug-likeness (QED) is 0.796. The first kappa shape index (κ1) is 19.8. The molecular formula is C18H19FN4O4. The van der Waals surface area contributed by atoms with Gasteiger partial charge in [0, 0.05) is 11.9 Å². The number of nitrogens with two attached hydrogens (primary N) is 1. The van der Waals surface area contributed by atoms with Crippen molar-refractivity contribution in [3.8, 4) is 11.8 Å². The van der Waals surface area contributed by atoms with Crippen LogP contribution in [-0.2, 0) is 9.47 Å². The summed E-state index contributed by atoms with van der Waals surface area (Å²) in [6.45, 7) is 5.02. The molecule has 0 radical (unpaired) electrons. The Morgan fingerprint density at radius 1 is 1.33 bits per heavy atom. The third-order valence-electron chi connectivity index (χ3n) is 3.41. The fraction of sp³-hybridized carbons (Fsp3) is 0.278. The second-order valence-corrected chi connectivity index (χ2v) is 6.57. The van der Waals surface area contributed by atoms with Crippen molar-refractivity contribution >= 4 is 23.4 Å². The number of anilines is 2. The number of benzene rings is 1. The van der Waals surface area contributed by atoms with E-state index >= 15 is 0 Å². The minimum Gasteiger partial charge on any atom is -0.464 e. The molecular weight excluding hydrogens is 355 g/mol. The van der Waals surface area contributed by atoms with Crippen molar-refractivity contribution in [2.75, 3.05) is 18.2 Å². The molecule has 8 nitrogen and oxygen atoms in total. The van der Waals surface area contributed by atoms with Crippen LogP contribution in [-0.4, -0.2) is 29.3 Å². The number of hydrogen-bond acceptors (Lipinski definition) is 6. The lowest BCUT2D eigenvalue weighted by Crippen LogP contribution is -2.27. The third-order valence-corrected chi connectivity index (χ3v) is 3.41. The molecule has 0 aliphatic rings. The first-order chi connectivity index (χ1) is 12.6. The van der Waals surface area contributed by atoms with Gasteiger partial charge < -0.3 is 19.8 Å². The van der Waals surface area contributed by atoms with Crippen LogP contribution < -0.4 is 11.1 Å². The van der Waals surface area contributed by atoms with Crippen molar-refractivity contribution in [1.29, 1.82) is 5.26 Å². The number of carbonyl (C=O) groups is 2. The first-order valence-corrected chi connectivity index (χ1v) is 7.86. The summed E-state index contributed by atoms with van der Waals surface area (Å²) < 4.78 is 25.2. The number of amides is 1. The Morgan fingerprint density at radius 2 is 2.00 bits per heavy atom. The first-order valence-electron chi connectivity index (χ1n) is 7.86. The van der Waals surface area contributed by atoms with E-state index in [1.165, 1.54) is 30.0 Å². The van der Waals surface area contributed by atoms with Gasteiger partial charge in [0.05, 0.1) is 24.0 Å². The van der Waals surface area contributed by atoms with Gasteiger partial charge in [-0.3, -0.25) is 5.32 Å². The number of rotatable bonds is 3. The van der Waals surface area contributed by atoms with Crippen LogP contribution in [0.1, 0.15) is 36.8 Å². The van der Waals surface area contributed by atoms with Gasteiger partial charge >= 0.3 is 12.1 Å². The van der Waals surface area contributed by atoms with Crippen LogP contribution in [0.2, 0.25) is 0 Å². The molecule has 1 amide bonds. The summed E-state index contributed by atoms with van der Waals surface area (Å²) >= 11 is 0. The molecule has 0 atom stereocenters. The lowest BCUT2D eigenvalue weighted by Gasteiger charge is -2.20. The minimum absolute atomic E-state index is 0.0568. The molecule has 2 rings (SSSR count). The van der Waals surface area contributed by atoms with E-state index in [2.05, 4.69) is 5.32 Å². The van der Waals surface area contributed by atoms with Gasteiger partial charge in [0.1, 0.15) is 17.5 Å². The summed E-state index contributed by atoms with van der Waals surface area (Å²) in [4.78, 5) is 24.0. The number of nitrogens with zero attached hydrogens (tertiary/aromatic N) is 2. The Bertz CT molecular complexity index is 938. The lowest BCUT2D eigenvalue weighted by atomic mass is 10.2. The Morgan fingerprint density at radius 3 is 2.56 bits per heavy atom. The molecule has 3 N–H and O–H groups in total. The van der Waals surface area contributed by atoms with Gasteiger partial charge in [0.25, 0.3) is 0 Å². The monoisotopic (exact) mass is 374 g/mol. The van der Waals surface area contributed by atoms with Crippen LogP contribution in [0.5, 0.6) is 0 Å². The highest BCUT2D eigenvalue weighted by molar-refractivity contribution is 5.96. The van der Waals surface area contributed by atoms with Crippen LogP contribution in [0.25, 0.3) is 5.69 Å². The second kappa shape index (κ2) is 7.37. The summed E-state index contributed by atoms with van der Waals surface area (Å²) in [5, 5.41) is 11.5. The van der Waals surface area contributed by atoms with Crippen LogP contribution in [0, 0.1) is 17.1 Å². The van der Waals surface area contributed by atoms with E-state index in [0.29, 0.717) is 0 Å². The average Bonchev–Trinajstić information content (AvgIpc) is 2.91. The number of halogens is 1. The lowest BCUT2D eigenvalue weighted by molar-refractivity contribution is 0.0590. The SMILES string of the molecule is COC(=O)c1c(N)c(C#N)cn1-c1ccc(F)c(NC(=O)OC(C)(C)C)c1. The van der Waals surface area contributed by atoms with E-state index in [-0.39, 0.29) is 28.3 Å². The van der Waals surface area contributed by atoms with Gasteiger partial charge in [-0.2, -0.15) is 5.26 Å². The van der Waals surface area contributed by atoms with E-state index in [1.807, 2.05) is 6.07 Å². The molecule has 0 bridgehead atoms. The molecule has 0 aliphatic carbocycles. The predicted octanol–water partition coefficient (Wildman–Crippen LogP) is 3.20. The van der Waals surface area contributed by atoms with Crippen LogP contribution >= 0.6 is 0 Å². The Labute approximate surface area is 155 Å². The summed E-state index contributed by atoms with van der Waals surface area (Å²) in [7, 11) is 1.17. The Kier molecular flexibility index (Phi) is 5.40. The van der Waals surface area contributed by atoms with Crippen LogP contribution in [0.3, 0.4) is 0 Å². The molecule has 0 spiro atoms. The number of hydrogen-bond donors (Lipinski definition) is 2. The molecule has 27 heavy (non-hydrogen) atoms. The third kappa shape index (κ3) is 4.36. The maximum atomic E-state index is 14.1. The number of carbonyl (C=O) groups excluding carboxylic acids is 2. The van der Waals surface area contributed by atoms with Gasteiger partial charge in [-0.1, -0.05) is 0 Å². The number of methoxy groups -OCH3 is 1. The number of esters is 1. The molecule has 0 fully saturated rings. The number of nitrogens with one attached hydrogen (secondary N) is 1. The number of ether oxygens (including phenoxy) is 2. The molecule has 0 saturated heterocycles.